The van der Waals surface area contributed by atoms with Crippen molar-refractivity contribution >= 4 is 5.78 Å². The summed E-state index contributed by atoms with van der Waals surface area (Å²) < 4.78 is 4.96. The van der Waals surface area contributed by atoms with Crippen LogP contribution in [0.4, 0.5) is 0 Å². The Balaban J connectivity index is 2.06. The monoisotopic (exact) mass is 268 g/mol. The molecule has 0 saturated carbocycles. The number of unbranched alkanes of at least 4 members (excludes halogenated alkanes) is 7. The van der Waals surface area contributed by atoms with Gasteiger partial charge in [0, 0.05) is 0 Å². The smallest absolute Gasteiger partial charge is 0.203 e. The van der Waals surface area contributed by atoms with Crippen molar-refractivity contribution in [3.63, 3.8) is 0 Å². The van der Waals surface area contributed by atoms with Crippen LogP contribution in [0.5, 0.6) is 0 Å². The van der Waals surface area contributed by atoms with E-state index in [1.807, 2.05) is 0 Å². The summed E-state index contributed by atoms with van der Waals surface area (Å²) in [5.41, 5.74) is 0. The Morgan fingerprint density at radius 3 is 2.21 bits per heavy atom. The van der Waals surface area contributed by atoms with Crippen molar-refractivity contribution in [2.75, 3.05) is 7.11 Å². The second-order valence-corrected chi connectivity index (χ2v) is 5.46. The molecule has 1 N–H and O–H groups in total. The van der Waals surface area contributed by atoms with Crippen LogP contribution in [0.2, 0.25) is 0 Å². The third kappa shape index (κ3) is 5.35. The van der Waals surface area contributed by atoms with Gasteiger partial charge in [0.2, 0.25) is 5.78 Å². The van der Waals surface area contributed by atoms with Gasteiger partial charge in [-0.05, 0) is 12.5 Å². The maximum atomic E-state index is 11.8. The average Bonchev–Trinajstić information content (AvgIpc) is 2.68. The zero-order chi connectivity index (χ0) is 14.1. The van der Waals surface area contributed by atoms with Crippen LogP contribution < -0.4 is 0 Å². The van der Waals surface area contributed by atoms with Gasteiger partial charge in [0.1, 0.15) is 0 Å². The average molecular weight is 268 g/mol. The van der Waals surface area contributed by atoms with E-state index in [4.69, 9.17) is 4.74 Å². The highest BCUT2D eigenvalue weighted by atomic mass is 16.5. The van der Waals surface area contributed by atoms with Crippen molar-refractivity contribution in [2.24, 2.45) is 5.92 Å². The van der Waals surface area contributed by atoms with Crippen LogP contribution in [0.15, 0.2) is 11.8 Å². The number of rotatable bonds is 10. The fourth-order valence-electron chi connectivity index (χ4n) is 2.66. The Labute approximate surface area is 117 Å². The number of allylic oxidation sites excluding steroid dienone is 1. The molecule has 110 valence electrons. The molecule has 3 heteroatoms. The lowest BCUT2D eigenvalue weighted by Crippen LogP contribution is -2.21. The van der Waals surface area contributed by atoms with E-state index in [0.717, 1.165) is 19.3 Å². The molecule has 1 aliphatic rings. The third-order valence-corrected chi connectivity index (χ3v) is 3.90. The number of methoxy groups -OCH3 is 1. The van der Waals surface area contributed by atoms with Gasteiger partial charge in [0.15, 0.2) is 5.76 Å². The summed E-state index contributed by atoms with van der Waals surface area (Å²) in [4.78, 5) is 11.8. The first-order valence-electron chi connectivity index (χ1n) is 7.68. The van der Waals surface area contributed by atoms with Crippen LogP contribution in [-0.4, -0.2) is 24.1 Å². The number of aliphatic hydroxyl groups excluding tert-OH is 1. The summed E-state index contributed by atoms with van der Waals surface area (Å²) in [6.07, 6.45) is 11.7. The number of Topliss-reactive ketones (excluding diaryl/α,β-unsaturated/α-hetero) is 1. The highest BCUT2D eigenvalue weighted by molar-refractivity contribution is 5.98. The Hall–Kier alpha value is -0.830. The van der Waals surface area contributed by atoms with Crippen molar-refractivity contribution in [1.82, 2.24) is 0 Å². The van der Waals surface area contributed by atoms with Crippen LogP contribution >= 0.6 is 0 Å². The van der Waals surface area contributed by atoms with Crippen LogP contribution in [0.3, 0.4) is 0 Å². The summed E-state index contributed by atoms with van der Waals surface area (Å²) in [6.45, 7) is 2.23. The maximum Gasteiger partial charge on any atom is 0.203 e. The summed E-state index contributed by atoms with van der Waals surface area (Å²) in [6, 6.07) is 0. The van der Waals surface area contributed by atoms with E-state index >= 15 is 0 Å². The number of hydrogen-bond donors (Lipinski definition) is 1. The zero-order valence-corrected chi connectivity index (χ0v) is 12.4. The number of carbonyl (C=O) groups is 1. The van der Waals surface area contributed by atoms with E-state index in [0.29, 0.717) is 5.76 Å². The molecule has 1 rings (SSSR count). The van der Waals surface area contributed by atoms with Gasteiger partial charge < -0.3 is 9.84 Å². The summed E-state index contributed by atoms with van der Waals surface area (Å²) in [5, 5.41) is 9.78. The van der Waals surface area contributed by atoms with Gasteiger partial charge in [0.05, 0.1) is 19.1 Å². The van der Waals surface area contributed by atoms with Crippen molar-refractivity contribution < 1.29 is 14.6 Å². The Morgan fingerprint density at radius 1 is 1.11 bits per heavy atom. The molecule has 0 heterocycles. The molecule has 0 saturated heterocycles. The van der Waals surface area contributed by atoms with Crippen LogP contribution in [0.1, 0.15) is 64.7 Å². The van der Waals surface area contributed by atoms with Gasteiger partial charge in [-0.2, -0.15) is 0 Å². The van der Waals surface area contributed by atoms with E-state index in [9.17, 15) is 9.90 Å². The first-order valence-corrected chi connectivity index (χ1v) is 7.68. The van der Waals surface area contributed by atoms with Crippen molar-refractivity contribution in [3.8, 4) is 0 Å². The van der Waals surface area contributed by atoms with Crippen molar-refractivity contribution in [1.29, 1.82) is 0 Å². The van der Waals surface area contributed by atoms with Gasteiger partial charge in [-0.3, -0.25) is 4.79 Å². The number of carbonyl (C=O) groups excluding carboxylic acids is 1. The Morgan fingerprint density at radius 2 is 1.68 bits per heavy atom. The summed E-state index contributed by atoms with van der Waals surface area (Å²) in [7, 11) is 1.48. The maximum absolute atomic E-state index is 11.8. The summed E-state index contributed by atoms with van der Waals surface area (Å²) >= 11 is 0. The number of hydrogen-bond acceptors (Lipinski definition) is 3. The predicted octanol–water partition coefficient (Wildman–Crippen LogP) is 3.61. The lowest BCUT2D eigenvalue weighted by atomic mass is 9.95. The fraction of sp³-hybridized carbons (Fsp3) is 0.812. The molecule has 0 aliphatic heterocycles. The molecule has 2 atom stereocenters. The topological polar surface area (TPSA) is 46.5 Å². The fourth-order valence-corrected chi connectivity index (χ4v) is 2.66. The first kappa shape index (κ1) is 16.2. The number of ether oxygens (including phenoxy) is 1. The molecule has 0 aromatic carbocycles. The lowest BCUT2D eigenvalue weighted by Gasteiger charge is -2.12. The normalized spacial score (nSPS) is 22.7. The highest BCUT2D eigenvalue weighted by Gasteiger charge is 2.34. The number of ketones is 1. The minimum Gasteiger partial charge on any atom is -0.493 e. The van der Waals surface area contributed by atoms with Crippen LogP contribution in [0, 0.1) is 5.92 Å². The summed E-state index contributed by atoms with van der Waals surface area (Å²) in [5.74, 6) is 0.0325. The predicted molar refractivity (Wildman–Crippen MR) is 76.8 cm³/mol. The van der Waals surface area contributed by atoms with E-state index in [-0.39, 0.29) is 11.7 Å². The standard InChI is InChI=1S/C16H28O3/c1-3-4-5-6-7-8-9-10-11-13-14(17)12-15(19-2)16(13)18/h12-14,17H,3-11H2,1-2H3/t13-,14+/m1/s1. The molecular weight excluding hydrogens is 240 g/mol. The quantitative estimate of drug-likeness (QED) is 0.616. The minimum atomic E-state index is -0.646. The molecule has 0 spiro atoms. The molecule has 19 heavy (non-hydrogen) atoms. The van der Waals surface area contributed by atoms with Crippen LogP contribution in [-0.2, 0) is 9.53 Å². The molecule has 0 aromatic rings. The van der Waals surface area contributed by atoms with E-state index < -0.39 is 6.10 Å². The second-order valence-electron chi connectivity index (χ2n) is 5.46. The van der Waals surface area contributed by atoms with Gasteiger partial charge in [0.25, 0.3) is 0 Å². The zero-order valence-electron chi connectivity index (χ0n) is 12.4. The van der Waals surface area contributed by atoms with Crippen LogP contribution in [0.25, 0.3) is 0 Å². The molecule has 0 aromatic heterocycles. The van der Waals surface area contributed by atoms with Crippen molar-refractivity contribution in [3.05, 3.63) is 11.8 Å². The second kappa shape index (κ2) is 9.13. The van der Waals surface area contributed by atoms with Gasteiger partial charge >= 0.3 is 0 Å². The largest absolute Gasteiger partial charge is 0.493 e. The number of aliphatic hydroxyl groups is 1. The van der Waals surface area contributed by atoms with Crippen molar-refractivity contribution in [2.45, 2.75) is 70.8 Å². The van der Waals surface area contributed by atoms with E-state index in [2.05, 4.69) is 6.92 Å². The molecule has 0 unspecified atom stereocenters. The Kier molecular flexibility index (Phi) is 7.80. The molecule has 0 amide bonds. The van der Waals surface area contributed by atoms with Gasteiger partial charge in [-0.25, -0.2) is 0 Å². The molecule has 0 bridgehead atoms. The molecule has 3 nitrogen and oxygen atoms in total. The Bertz CT molecular complexity index is 296. The van der Waals surface area contributed by atoms with E-state index in [1.54, 1.807) is 0 Å². The highest BCUT2D eigenvalue weighted by Crippen LogP contribution is 2.27. The lowest BCUT2D eigenvalue weighted by molar-refractivity contribution is -0.123. The van der Waals surface area contributed by atoms with Gasteiger partial charge in [-0.1, -0.05) is 58.3 Å². The molecule has 0 fully saturated rings. The molecular formula is C16H28O3. The minimum absolute atomic E-state index is 0.0297. The SMILES string of the molecule is CCCCCCCCCC[C@H]1C(=O)C(OC)=C[C@@H]1O. The first-order chi connectivity index (χ1) is 9.20. The van der Waals surface area contributed by atoms with E-state index in [1.165, 1.54) is 51.7 Å². The molecule has 1 aliphatic carbocycles. The molecule has 0 radical (unpaired) electrons. The van der Waals surface area contributed by atoms with Gasteiger partial charge in [-0.15, -0.1) is 0 Å². The third-order valence-electron chi connectivity index (χ3n) is 3.90.